The van der Waals surface area contributed by atoms with Gasteiger partial charge in [0.2, 0.25) is 5.91 Å². The molecule has 0 unspecified atom stereocenters. The van der Waals surface area contributed by atoms with Crippen LogP contribution in [0.4, 0.5) is 0 Å². The van der Waals surface area contributed by atoms with Gasteiger partial charge in [0.25, 0.3) is 0 Å². The lowest BCUT2D eigenvalue weighted by molar-refractivity contribution is -0.122. The number of nitrogens with zero attached hydrogens (tertiary/aromatic N) is 2. The molecule has 0 aliphatic heterocycles. The quantitative estimate of drug-likeness (QED) is 0.848. The molecule has 1 aromatic heterocycles. The monoisotopic (exact) mass is 235 g/mol. The Morgan fingerprint density at radius 1 is 1.35 bits per heavy atom. The number of nitrogens with one attached hydrogen (secondary N) is 1. The SMILES string of the molecule is O=C(CC1CCCCC1)NCCn1ccnc1. The van der Waals surface area contributed by atoms with Gasteiger partial charge in [-0.3, -0.25) is 4.79 Å². The van der Waals surface area contributed by atoms with E-state index in [1.807, 2.05) is 10.8 Å². The highest BCUT2D eigenvalue weighted by Crippen LogP contribution is 2.25. The van der Waals surface area contributed by atoms with Gasteiger partial charge in [0.15, 0.2) is 0 Å². The van der Waals surface area contributed by atoms with Gasteiger partial charge in [-0.1, -0.05) is 19.3 Å². The second-order valence-electron chi connectivity index (χ2n) is 4.86. The Morgan fingerprint density at radius 3 is 2.88 bits per heavy atom. The first kappa shape index (κ1) is 12.1. The van der Waals surface area contributed by atoms with Crippen molar-refractivity contribution in [1.82, 2.24) is 14.9 Å². The molecule has 0 atom stereocenters. The summed E-state index contributed by atoms with van der Waals surface area (Å²) in [5, 5.41) is 2.98. The molecule has 0 aromatic carbocycles. The molecular weight excluding hydrogens is 214 g/mol. The average Bonchev–Trinajstić information content (AvgIpc) is 2.83. The normalized spacial score (nSPS) is 16.9. The van der Waals surface area contributed by atoms with E-state index in [1.165, 1.54) is 32.1 Å². The summed E-state index contributed by atoms with van der Waals surface area (Å²) in [5.41, 5.74) is 0. The van der Waals surface area contributed by atoms with Gasteiger partial charge < -0.3 is 9.88 Å². The van der Waals surface area contributed by atoms with Gasteiger partial charge in [0, 0.05) is 31.9 Å². The predicted molar refractivity (Wildman–Crippen MR) is 66.4 cm³/mol. The van der Waals surface area contributed by atoms with Crippen LogP contribution in [-0.2, 0) is 11.3 Å². The fourth-order valence-electron chi connectivity index (χ4n) is 2.47. The molecule has 4 nitrogen and oxygen atoms in total. The minimum atomic E-state index is 0.206. The van der Waals surface area contributed by atoms with Gasteiger partial charge in [-0.25, -0.2) is 4.98 Å². The smallest absolute Gasteiger partial charge is 0.220 e. The third-order valence-corrected chi connectivity index (χ3v) is 3.45. The van der Waals surface area contributed by atoms with Crippen LogP contribution in [0.2, 0.25) is 0 Å². The molecule has 17 heavy (non-hydrogen) atoms. The van der Waals surface area contributed by atoms with Crippen LogP contribution in [0.25, 0.3) is 0 Å². The van der Waals surface area contributed by atoms with E-state index in [4.69, 9.17) is 0 Å². The van der Waals surface area contributed by atoms with E-state index in [0.717, 1.165) is 6.54 Å². The van der Waals surface area contributed by atoms with Crippen molar-refractivity contribution >= 4 is 5.91 Å². The van der Waals surface area contributed by atoms with Crippen molar-refractivity contribution in [3.63, 3.8) is 0 Å². The van der Waals surface area contributed by atoms with Gasteiger partial charge in [-0.15, -0.1) is 0 Å². The molecule has 0 spiro atoms. The summed E-state index contributed by atoms with van der Waals surface area (Å²) in [6, 6.07) is 0. The zero-order valence-corrected chi connectivity index (χ0v) is 10.3. The molecule has 1 aliphatic rings. The van der Waals surface area contributed by atoms with E-state index in [9.17, 15) is 4.79 Å². The summed E-state index contributed by atoms with van der Waals surface area (Å²) >= 11 is 0. The molecule has 2 rings (SSSR count). The Hall–Kier alpha value is -1.32. The number of hydrogen-bond donors (Lipinski definition) is 1. The van der Waals surface area contributed by atoms with E-state index >= 15 is 0 Å². The third kappa shape index (κ3) is 4.21. The molecule has 0 radical (unpaired) electrons. The number of aromatic nitrogens is 2. The Bertz CT molecular complexity index is 328. The molecule has 1 aliphatic carbocycles. The molecule has 0 bridgehead atoms. The maximum atomic E-state index is 11.7. The van der Waals surface area contributed by atoms with Crippen LogP contribution in [0.5, 0.6) is 0 Å². The average molecular weight is 235 g/mol. The van der Waals surface area contributed by atoms with E-state index in [2.05, 4.69) is 10.3 Å². The highest BCUT2D eigenvalue weighted by molar-refractivity contribution is 5.76. The Morgan fingerprint density at radius 2 is 2.18 bits per heavy atom. The highest BCUT2D eigenvalue weighted by Gasteiger charge is 2.16. The fourth-order valence-corrected chi connectivity index (χ4v) is 2.47. The number of amides is 1. The first-order valence-electron chi connectivity index (χ1n) is 6.57. The van der Waals surface area contributed by atoms with Gasteiger partial charge in [-0.05, 0) is 18.8 Å². The minimum absolute atomic E-state index is 0.206. The van der Waals surface area contributed by atoms with Gasteiger partial charge >= 0.3 is 0 Å². The van der Waals surface area contributed by atoms with E-state index in [1.54, 1.807) is 12.5 Å². The summed E-state index contributed by atoms with van der Waals surface area (Å²) in [6.45, 7) is 1.50. The van der Waals surface area contributed by atoms with Crippen LogP contribution in [-0.4, -0.2) is 22.0 Å². The fraction of sp³-hybridized carbons (Fsp3) is 0.692. The third-order valence-electron chi connectivity index (χ3n) is 3.45. The number of carbonyl (C=O) groups is 1. The molecule has 1 amide bonds. The van der Waals surface area contributed by atoms with E-state index in [-0.39, 0.29) is 5.91 Å². The number of imidazole rings is 1. The van der Waals surface area contributed by atoms with Crippen molar-refractivity contribution in [3.8, 4) is 0 Å². The van der Waals surface area contributed by atoms with Crippen LogP contribution < -0.4 is 5.32 Å². The lowest BCUT2D eigenvalue weighted by Gasteiger charge is -2.20. The number of hydrogen-bond acceptors (Lipinski definition) is 2. The summed E-state index contributed by atoms with van der Waals surface area (Å²) in [7, 11) is 0. The van der Waals surface area contributed by atoms with Gasteiger partial charge in [0.1, 0.15) is 0 Å². The first-order valence-corrected chi connectivity index (χ1v) is 6.57. The van der Waals surface area contributed by atoms with Crippen LogP contribution in [0.15, 0.2) is 18.7 Å². The van der Waals surface area contributed by atoms with E-state index in [0.29, 0.717) is 18.9 Å². The molecule has 94 valence electrons. The summed E-state index contributed by atoms with van der Waals surface area (Å²) in [6.07, 6.45) is 12.6. The largest absolute Gasteiger partial charge is 0.354 e. The van der Waals surface area contributed by atoms with Crippen LogP contribution >= 0.6 is 0 Å². The van der Waals surface area contributed by atoms with Crippen LogP contribution in [0.3, 0.4) is 0 Å². The molecule has 4 heteroatoms. The first-order chi connectivity index (χ1) is 8.34. The van der Waals surface area contributed by atoms with Crippen LogP contribution in [0.1, 0.15) is 38.5 Å². The number of carbonyl (C=O) groups excluding carboxylic acids is 1. The lowest BCUT2D eigenvalue weighted by atomic mass is 9.87. The minimum Gasteiger partial charge on any atom is -0.354 e. The number of rotatable bonds is 5. The molecule has 1 fully saturated rings. The molecule has 1 saturated carbocycles. The standard InChI is InChI=1S/C13H21N3O/c17-13(10-12-4-2-1-3-5-12)15-7-9-16-8-6-14-11-16/h6,8,11-12H,1-5,7,9-10H2,(H,15,17). The second-order valence-corrected chi connectivity index (χ2v) is 4.86. The predicted octanol–water partition coefficient (Wildman–Crippen LogP) is 1.97. The zero-order valence-electron chi connectivity index (χ0n) is 10.3. The van der Waals surface area contributed by atoms with Crippen molar-refractivity contribution in [2.24, 2.45) is 5.92 Å². The Labute approximate surface area is 102 Å². The topological polar surface area (TPSA) is 46.9 Å². The zero-order chi connectivity index (χ0) is 11.9. The molecule has 0 saturated heterocycles. The summed E-state index contributed by atoms with van der Waals surface area (Å²) in [4.78, 5) is 15.7. The Balaban J connectivity index is 1.60. The highest BCUT2D eigenvalue weighted by atomic mass is 16.1. The molecule has 1 N–H and O–H groups in total. The van der Waals surface area contributed by atoms with E-state index < -0.39 is 0 Å². The second kappa shape index (κ2) is 6.42. The molecule has 1 heterocycles. The lowest BCUT2D eigenvalue weighted by Crippen LogP contribution is -2.29. The van der Waals surface area contributed by atoms with Crippen molar-refractivity contribution in [1.29, 1.82) is 0 Å². The summed E-state index contributed by atoms with van der Waals surface area (Å²) in [5.74, 6) is 0.828. The van der Waals surface area contributed by atoms with Crippen molar-refractivity contribution in [2.75, 3.05) is 6.54 Å². The molecule has 1 aromatic rings. The molecular formula is C13H21N3O. The van der Waals surface area contributed by atoms with Crippen molar-refractivity contribution < 1.29 is 4.79 Å². The Kier molecular flexibility index (Phi) is 4.59. The maximum Gasteiger partial charge on any atom is 0.220 e. The maximum absolute atomic E-state index is 11.7. The van der Waals surface area contributed by atoms with Crippen molar-refractivity contribution in [3.05, 3.63) is 18.7 Å². The van der Waals surface area contributed by atoms with Crippen LogP contribution in [0, 0.1) is 5.92 Å². The van der Waals surface area contributed by atoms with Gasteiger partial charge in [-0.2, -0.15) is 0 Å². The van der Waals surface area contributed by atoms with Gasteiger partial charge in [0.05, 0.1) is 6.33 Å². The van der Waals surface area contributed by atoms with Crippen molar-refractivity contribution in [2.45, 2.75) is 45.1 Å². The summed E-state index contributed by atoms with van der Waals surface area (Å²) < 4.78 is 1.97.